The fourth-order valence-corrected chi connectivity index (χ4v) is 4.12. The fourth-order valence-electron chi connectivity index (χ4n) is 4.12. The number of halogens is 3. The minimum atomic E-state index is -4.48. The van der Waals surface area contributed by atoms with Crippen molar-refractivity contribution in [2.24, 2.45) is 17.8 Å². The molecule has 0 aromatic heterocycles. The van der Waals surface area contributed by atoms with Crippen LogP contribution in [0.3, 0.4) is 0 Å². The third-order valence-electron chi connectivity index (χ3n) is 6.11. The van der Waals surface area contributed by atoms with Crippen molar-refractivity contribution in [1.82, 2.24) is 5.32 Å². The molecular weight excluding hydrogens is 475 g/mol. The minimum absolute atomic E-state index is 0.00554. The summed E-state index contributed by atoms with van der Waals surface area (Å²) in [5, 5.41) is 33.8. The molecule has 6 nitrogen and oxygen atoms in total. The summed E-state index contributed by atoms with van der Waals surface area (Å²) < 4.78 is 43.7. The molecule has 5 atom stereocenters. The van der Waals surface area contributed by atoms with Crippen LogP contribution in [0.1, 0.15) is 51.5 Å². The molecule has 9 heteroatoms. The molecule has 2 rings (SSSR count). The fraction of sp³-hybridized carbons (Fsp3) is 0.593. The number of ether oxygens (including phenoxy) is 1. The molecule has 1 aliphatic carbocycles. The second-order valence-electron chi connectivity index (χ2n) is 9.70. The average molecular weight is 514 g/mol. The van der Waals surface area contributed by atoms with Gasteiger partial charge in [-0.15, -0.1) is 0 Å². The third-order valence-corrected chi connectivity index (χ3v) is 6.11. The molecule has 0 saturated heterocycles. The topological polar surface area (TPSA) is 99.0 Å². The van der Waals surface area contributed by atoms with Crippen molar-refractivity contribution in [2.45, 2.75) is 70.4 Å². The summed E-state index contributed by atoms with van der Waals surface area (Å²) in [4.78, 5) is 11.7. The summed E-state index contributed by atoms with van der Waals surface area (Å²) in [5.41, 5.74) is -0.835. The zero-order chi connectivity index (χ0) is 26.7. The molecule has 0 bridgehead atoms. The predicted octanol–water partition coefficient (Wildman–Crippen LogP) is 4.25. The lowest BCUT2D eigenvalue weighted by atomic mass is 9.89. The van der Waals surface area contributed by atoms with Gasteiger partial charge in [-0.1, -0.05) is 44.2 Å². The van der Waals surface area contributed by atoms with Gasteiger partial charge < -0.3 is 25.4 Å². The monoisotopic (exact) mass is 513 g/mol. The Kier molecular flexibility index (Phi) is 11.9. The quantitative estimate of drug-likeness (QED) is 0.234. The van der Waals surface area contributed by atoms with Crippen molar-refractivity contribution in [1.29, 1.82) is 0 Å². The van der Waals surface area contributed by atoms with Crippen LogP contribution in [-0.4, -0.2) is 52.7 Å². The molecule has 0 aliphatic heterocycles. The zero-order valence-electron chi connectivity index (χ0n) is 20.8. The molecule has 1 aromatic carbocycles. The van der Waals surface area contributed by atoms with Crippen LogP contribution in [0.25, 0.3) is 0 Å². The highest BCUT2D eigenvalue weighted by Gasteiger charge is 2.39. The smallest absolute Gasteiger partial charge is 0.416 e. The van der Waals surface area contributed by atoms with E-state index in [1.165, 1.54) is 18.2 Å². The van der Waals surface area contributed by atoms with Crippen LogP contribution in [0.4, 0.5) is 13.2 Å². The Morgan fingerprint density at radius 2 is 1.97 bits per heavy atom. The van der Waals surface area contributed by atoms with Gasteiger partial charge in [0.05, 0.1) is 17.8 Å². The van der Waals surface area contributed by atoms with Crippen LogP contribution in [0, 0.1) is 17.8 Å². The van der Waals surface area contributed by atoms with E-state index < -0.39 is 30.1 Å². The summed E-state index contributed by atoms with van der Waals surface area (Å²) in [6.07, 6.45) is 2.59. The molecular formula is C27H38F3NO5. The maximum absolute atomic E-state index is 12.8. The molecule has 4 N–H and O–H groups in total. The number of unbranched alkanes of at least 4 members (excludes halogenated alkanes) is 1. The molecule has 1 aromatic rings. The summed E-state index contributed by atoms with van der Waals surface area (Å²) >= 11 is 0. The van der Waals surface area contributed by atoms with Crippen LogP contribution in [0.15, 0.2) is 48.6 Å². The number of alkyl halides is 3. The number of rotatable bonds is 13. The van der Waals surface area contributed by atoms with Crippen molar-refractivity contribution >= 4 is 5.91 Å². The standard InChI is InChI=1S/C27H38F3NO5/c1-18(2)16-31-26(35)11-6-4-3-5-10-22-23(25(34)15-24(22)33)13-12-20(32)17-36-21-9-7-8-19(14-21)27(28,29)30/h3,5,7-9,12-14,18,20,22-25,32-34H,4,6,10-11,15-17H2,1-2H3,(H,31,35)/b5-3-,13-12+/t20-,22-,23-,24+,25-/m1/s1. The summed E-state index contributed by atoms with van der Waals surface area (Å²) in [7, 11) is 0. The first-order valence-electron chi connectivity index (χ1n) is 12.4. The Balaban J connectivity index is 1.80. The molecule has 0 radical (unpaired) electrons. The molecule has 36 heavy (non-hydrogen) atoms. The van der Waals surface area contributed by atoms with Gasteiger partial charge in [0.1, 0.15) is 18.5 Å². The Labute approximate surface area is 210 Å². The van der Waals surface area contributed by atoms with E-state index in [4.69, 9.17) is 4.74 Å². The van der Waals surface area contributed by atoms with Crippen LogP contribution in [0.2, 0.25) is 0 Å². The van der Waals surface area contributed by atoms with Gasteiger partial charge >= 0.3 is 6.18 Å². The van der Waals surface area contributed by atoms with Crippen LogP contribution < -0.4 is 10.1 Å². The van der Waals surface area contributed by atoms with E-state index in [0.29, 0.717) is 25.3 Å². The maximum Gasteiger partial charge on any atom is 0.416 e. The van der Waals surface area contributed by atoms with E-state index in [0.717, 1.165) is 25.0 Å². The first-order valence-corrected chi connectivity index (χ1v) is 12.4. The van der Waals surface area contributed by atoms with Crippen molar-refractivity contribution in [3.8, 4) is 5.75 Å². The Bertz CT molecular complexity index is 871. The summed E-state index contributed by atoms with van der Waals surface area (Å²) in [5.74, 6) is -0.178. The predicted molar refractivity (Wildman–Crippen MR) is 131 cm³/mol. The molecule has 1 fully saturated rings. The summed E-state index contributed by atoms with van der Waals surface area (Å²) in [6, 6.07) is 4.42. The number of carbonyl (C=O) groups excluding carboxylic acids is 1. The van der Waals surface area contributed by atoms with Gasteiger partial charge in [-0.05, 0) is 49.3 Å². The van der Waals surface area contributed by atoms with Crippen molar-refractivity contribution in [2.75, 3.05) is 13.2 Å². The molecule has 0 spiro atoms. The van der Waals surface area contributed by atoms with E-state index in [2.05, 4.69) is 5.32 Å². The molecule has 1 saturated carbocycles. The SMILES string of the molecule is CC(C)CNC(=O)CCC/C=C\C[C@@H]1[C@@H](/C=C/[C@@H](O)COc2cccc(C(F)(F)F)c2)[C@H](O)C[C@@H]1O. The van der Waals surface area contributed by atoms with Crippen LogP contribution in [0.5, 0.6) is 5.75 Å². The molecule has 202 valence electrons. The van der Waals surface area contributed by atoms with Gasteiger partial charge in [-0.25, -0.2) is 0 Å². The number of aliphatic hydroxyl groups is 3. The number of amides is 1. The lowest BCUT2D eigenvalue weighted by molar-refractivity contribution is -0.137. The lowest BCUT2D eigenvalue weighted by Crippen LogP contribution is -2.26. The second-order valence-corrected chi connectivity index (χ2v) is 9.70. The van der Waals surface area contributed by atoms with Crippen LogP contribution in [-0.2, 0) is 11.0 Å². The van der Waals surface area contributed by atoms with E-state index >= 15 is 0 Å². The van der Waals surface area contributed by atoms with E-state index in [1.807, 2.05) is 26.0 Å². The van der Waals surface area contributed by atoms with Gasteiger partial charge in [0.15, 0.2) is 0 Å². The van der Waals surface area contributed by atoms with Crippen molar-refractivity contribution in [3.63, 3.8) is 0 Å². The zero-order valence-corrected chi connectivity index (χ0v) is 20.8. The van der Waals surface area contributed by atoms with E-state index in [9.17, 15) is 33.3 Å². The Morgan fingerprint density at radius 3 is 2.67 bits per heavy atom. The second kappa shape index (κ2) is 14.4. The number of benzene rings is 1. The number of hydrogen-bond donors (Lipinski definition) is 4. The molecule has 1 aliphatic rings. The number of aliphatic hydroxyl groups excluding tert-OH is 3. The third kappa shape index (κ3) is 10.3. The Morgan fingerprint density at radius 1 is 1.22 bits per heavy atom. The lowest BCUT2D eigenvalue weighted by Gasteiger charge is -2.19. The Hall–Kier alpha value is -2.36. The highest BCUT2D eigenvalue weighted by molar-refractivity contribution is 5.75. The molecule has 0 unspecified atom stereocenters. The largest absolute Gasteiger partial charge is 0.491 e. The number of allylic oxidation sites excluding steroid dienone is 2. The van der Waals surface area contributed by atoms with E-state index in [1.54, 1.807) is 6.08 Å². The van der Waals surface area contributed by atoms with Crippen molar-refractivity contribution < 1.29 is 38.0 Å². The minimum Gasteiger partial charge on any atom is -0.491 e. The van der Waals surface area contributed by atoms with Crippen molar-refractivity contribution in [3.05, 3.63) is 54.1 Å². The molecule has 0 heterocycles. The maximum atomic E-state index is 12.8. The van der Waals surface area contributed by atoms with Gasteiger partial charge in [0.25, 0.3) is 0 Å². The van der Waals surface area contributed by atoms with Gasteiger partial charge in [0, 0.05) is 25.3 Å². The normalized spacial score (nSPS) is 23.6. The molecule has 1 amide bonds. The number of hydrogen-bond acceptors (Lipinski definition) is 5. The average Bonchev–Trinajstić information content (AvgIpc) is 3.08. The number of carbonyl (C=O) groups is 1. The van der Waals surface area contributed by atoms with Crippen LogP contribution >= 0.6 is 0 Å². The van der Waals surface area contributed by atoms with E-state index in [-0.39, 0.29) is 36.5 Å². The highest BCUT2D eigenvalue weighted by Crippen LogP contribution is 2.36. The first-order chi connectivity index (χ1) is 17.0. The van der Waals surface area contributed by atoms with Gasteiger partial charge in [-0.3, -0.25) is 4.79 Å². The van der Waals surface area contributed by atoms with Gasteiger partial charge in [0.2, 0.25) is 5.91 Å². The number of nitrogens with one attached hydrogen (secondary N) is 1. The van der Waals surface area contributed by atoms with Gasteiger partial charge in [-0.2, -0.15) is 13.2 Å². The first kappa shape index (κ1) is 29.9. The highest BCUT2D eigenvalue weighted by atomic mass is 19.4. The summed E-state index contributed by atoms with van der Waals surface area (Å²) in [6.45, 7) is 4.49.